The highest BCUT2D eigenvalue weighted by Gasteiger charge is 2.93. The van der Waals surface area contributed by atoms with Crippen molar-refractivity contribution in [3.8, 4) is 0 Å². The van der Waals surface area contributed by atoms with Crippen LogP contribution in [0.3, 0.4) is 0 Å². The summed E-state index contributed by atoms with van der Waals surface area (Å²) in [6.45, 7) is 0. The second-order valence-corrected chi connectivity index (χ2v) is 7.86. The molecule has 134 valence electrons. The minimum Gasteiger partial charge on any atom is -0.264 e. The zero-order chi connectivity index (χ0) is 18.7. The highest BCUT2D eigenvalue weighted by molar-refractivity contribution is 6.30. The number of halogens is 2. The molecule has 2 aliphatic rings. The minimum atomic E-state index is -1.62. The molecule has 0 bridgehead atoms. The van der Waals surface area contributed by atoms with Crippen LogP contribution in [0.25, 0.3) is 0 Å². The van der Waals surface area contributed by atoms with Crippen LogP contribution >= 0.6 is 23.2 Å². The van der Waals surface area contributed by atoms with Crippen LogP contribution < -0.4 is 0 Å². The van der Waals surface area contributed by atoms with E-state index < -0.39 is 32.8 Å². The summed E-state index contributed by atoms with van der Waals surface area (Å²) in [5, 5.41) is 25.0. The number of benzene rings is 2. The van der Waals surface area contributed by atoms with Gasteiger partial charge in [0.05, 0.1) is 11.8 Å². The van der Waals surface area contributed by atoms with Crippen LogP contribution in [-0.4, -0.2) is 20.9 Å². The molecule has 0 spiro atoms. The van der Waals surface area contributed by atoms with Crippen LogP contribution in [-0.2, 0) is 0 Å². The van der Waals surface area contributed by atoms with Gasteiger partial charge >= 0.3 is 0 Å². The van der Waals surface area contributed by atoms with E-state index in [4.69, 9.17) is 23.2 Å². The molecule has 0 heterocycles. The van der Waals surface area contributed by atoms with Gasteiger partial charge in [0.25, 0.3) is 11.1 Å². The molecule has 2 fully saturated rings. The number of nitro groups is 2. The molecule has 2 saturated carbocycles. The molecule has 0 unspecified atom stereocenters. The van der Waals surface area contributed by atoms with Crippen molar-refractivity contribution in [1.29, 1.82) is 0 Å². The number of rotatable bonds is 5. The Bertz CT molecular complexity index is 861. The predicted octanol–water partition coefficient (Wildman–Crippen LogP) is 4.70. The lowest BCUT2D eigenvalue weighted by atomic mass is 9.93. The van der Waals surface area contributed by atoms with Gasteiger partial charge in [0, 0.05) is 32.7 Å². The number of nitrogens with zero attached hydrogens (tertiary/aromatic N) is 2. The van der Waals surface area contributed by atoms with E-state index in [0.29, 0.717) is 21.2 Å². The van der Waals surface area contributed by atoms with Crippen molar-refractivity contribution in [1.82, 2.24) is 0 Å². The summed E-state index contributed by atoms with van der Waals surface area (Å²) in [5.74, 6) is -1.04. The summed E-state index contributed by atoms with van der Waals surface area (Å²) in [6.07, 6.45) is 0.275. The average molecular weight is 393 g/mol. The lowest BCUT2D eigenvalue weighted by Gasteiger charge is -2.16. The quantitative estimate of drug-likeness (QED) is 0.544. The maximum atomic E-state index is 12.0. The molecule has 2 aliphatic carbocycles. The van der Waals surface area contributed by atoms with Crippen molar-refractivity contribution >= 4 is 23.2 Å². The minimum absolute atomic E-state index is 0.137. The van der Waals surface area contributed by atoms with Crippen LogP contribution in [0.4, 0.5) is 0 Å². The second kappa shape index (κ2) is 5.66. The highest BCUT2D eigenvalue weighted by Crippen LogP contribution is 2.73. The van der Waals surface area contributed by atoms with E-state index in [-0.39, 0.29) is 12.8 Å². The Balaban J connectivity index is 1.77. The second-order valence-electron chi connectivity index (χ2n) is 6.99. The van der Waals surface area contributed by atoms with Gasteiger partial charge in [-0.2, -0.15) is 0 Å². The molecule has 6 nitrogen and oxygen atoms in total. The maximum absolute atomic E-state index is 12.0. The average Bonchev–Trinajstić information content (AvgIpc) is 3.46. The summed E-state index contributed by atoms with van der Waals surface area (Å²) in [4.78, 5) is 23.2. The summed E-state index contributed by atoms with van der Waals surface area (Å²) in [7, 11) is 0. The molecular weight excluding hydrogens is 379 g/mol. The van der Waals surface area contributed by atoms with Gasteiger partial charge in [0.1, 0.15) is 0 Å². The third-order valence-electron chi connectivity index (χ3n) is 5.77. The van der Waals surface area contributed by atoms with Crippen molar-refractivity contribution in [3.05, 3.63) is 89.9 Å². The standard InChI is InChI=1S/C18H14Cl2N2O4/c19-13-5-1-3-11(7-13)15-9-17(15,21(23)24)18(22(25)26)10-16(18)12-4-2-6-14(20)8-12/h1-8,15-16H,9-10H2/t15-,16-,17+,18+/m0/s1. The highest BCUT2D eigenvalue weighted by atomic mass is 35.5. The Kier molecular flexibility index (Phi) is 3.75. The molecule has 26 heavy (non-hydrogen) atoms. The Morgan fingerprint density at radius 2 is 1.19 bits per heavy atom. The van der Waals surface area contributed by atoms with Gasteiger partial charge in [-0.15, -0.1) is 0 Å². The molecule has 0 radical (unpaired) electrons. The first-order valence-corrected chi connectivity index (χ1v) is 8.88. The van der Waals surface area contributed by atoms with Gasteiger partial charge in [0.15, 0.2) is 0 Å². The number of hydrogen-bond acceptors (Lipinski definition) is 4. The third-order valence-corrected chi connectivity index (χ3v) is 6.24. The molecule has 0 aromatic heterocycles. The van der Waals surface area contributed by atoms with Crippen LogP contribution in [0.15, 0.2) is 48.5 Å². The van der Waals surface area contributed by atoms with E-state index >= 15 is 0 Å². The first-order valence-electron chi connectivity index (χ1n) is 8.13. The van der Waals surface area contributed by atoms with Gasteiger partial charge in [0.2, 0.25) is 0 Å². The summed E-state index contributed by atoms with van der Waals surface area (Å²) in [5.41, 5.74) is -1.89. The molecule has 0 amide bonds. The first kappa shape index (κ1) is 17.2. The third kappa shape index (κ3) is 2.25. The molecule has 0 aliphatic heterocycles. The van der Waals surface area contributed by atoms with Crippen molar-refractivity contribution in [2.45, 2.75) is 35.8 Å². The molecule has 0 N–H and O–H groups in total. The van der Waals surface area contributed by atoms with Gasteiger partial charge in [-0.05, 0) is 35.4 Å². The molecule has 4 rings (SSSR count). The van der Waals surface area contributed by atoms with E-state index in [9.17, 15) is 20.2 Å². The maximum Gasteiger partial charge on any atom is 0.298 e. The van der Waals surface area contributed by atoms with E-state index in [1.807, 2.05) is 0 Å². The normalized spacial score (nSPS) is 32.1. The van der Waals surface area contributed by atoms with Gasteiger partial charge < -0.3 is 0 Å². The van der Waals surface area contributed by atoms with Crippen LogP contribution in [0.2, 0.25) is 10.0 Å². The number of hydrogen-bond donors (Lipinski definition) is 0. The fourth-order valence-electron chi connectivity index (χ4n) is 4.41. The smallest absolute Gasteiger partial charge is 0.264 e. The topological polar surface area (TPSA) is 86.3 Å². The Hall–Kier alpha value is -2.18. The van der Waals surface area contributed by atoms with Gasteiger partial charge in [-0.25, -0.2) is 0 Å². The van der Waals surface area contributed by atoms with E-state index in [1.54, 1.807) is 48.5 Å². The molecule has 0 saturated heterocycles. The van der Waals surface area contributed by atoms with E-state index in [0.717, 1.165) is 0 Å². The van der Waals surface area contributed by atoms with Gasteiger partial charge in [-0.1, -0.05) is 47.5 Å². The Morgan fingerprint density at radius 3 is 1.50 bits per heavy atom. The fraction of sp³-hybridized carbons (Fsp3) is 0.333. The summed E-state index contributed by atoms with van der Waals surface area (Å²) >= 11 is 12.0. The summed E-state index contributed by atoms with van der Waals surface area (Å²) in [6, 6.07) is 13.6. The molecule has 4 atom stereocenters. The van der Waals surface area contributed by atoms with E-state index in [1.165, 1.54) is 0 Å². The van der Waals surface area contributed by atoms with E-state index in [2.05, 4.69) is 0 Å². The summed E-state index contributed by atoms with van der Waals surface area (Å²) < 4.78 is 0. The molecule has 8 heteroatoms. The molecule has 2 aromatic carbocycles. The van der Waals surface area contributed by atoms with Crippen molar-refractivity contribution in [2.75, 3.05) is 0 Å². The zero-order valence-electron chi connectivity index (χ0n) is 13.5. The van der Waals surface area contributed by atoms with Crippen molar-refractivity contribution < 1.29 is 9.85 Å². The lowest BCUT2D eigenvalue weighted by Crippen LogP contribution is -2.46. The van der Waals surface area contributed by atoms with Crippen LogP contribution in [0.5, 0.6) is 0 Å². The van der Waals surface area contributed by atoms with Crippen LogP contribution in [0, 0.1) is 20.2 Å². The zero-order valence-corrected chi connectivity index (χ0v) is 15.0. The first-order chi connectivity index (χ1) is 12.3. The van der Waals surface area contributed by atoms with Crippen molar-refractivity contribution in [3.63, 3.8) is 0 Å². The Morgan fingerprint density at radius 1 is 0.808 bits per heavy atom. The largest absolute Gasteiger partial charge is 0.298 e. The van der Waals surface area contributed by atoms with Crippen molar-refractivity contribution in [2.24, 2.45) is 0 Å². The monoisotopic (exact) mass is 392 g/mol. The lowest BCUT2D eigenvalue weighted by molar-refractivity contribution is -0.644. The molecular formula is C18H14Cl2N2O4. The molecule has 2 aromatic rings. The van der Waals surface area contributed by atoms with Gasteiger partial charge in [-0.3, -0.25) is 20.2 Å². The fourth-order valence-corrected chi connectivity index (χ4v) is 4.81. The van der Waals surface area contributed by atoms with Crippen LogP contribution in [0.1, 0.15) is 35.8 Å². The SMILES string of the molecule is O=[N+]([O-])[C@]1([C@@]2([N+](=O)[O-])C[C@H]2c2cccc(Cl)c2)C[C@H]1c1cccc(Cl)c1. The Labute approximate surface area is 159 Å². The predicted molar refractivity (Wildman–Crippen MR) is 97.1 cm³/mol.